The number of hydrogen-bond donors (Lipinski definition) is 2. The Morgan fingerprint density at radius 2 is 1.86 bits per heavy atom. The van der Waals surface area contributed by atoms with Gasteiger partial charge in [-0.15, -0.1) is 0 Å². The van der Waals surface area contributed by atoms with Gasteiger partial charge in [0.05, 0.1) is 0 Å². The molecule has 0 aromatic rings. The minimum absolute atomic E-state index is 0. The first kappa shape index (κ1) is 10.7. The van der Waals surface area contributed by atoms with E-state index in [1.165, 1.54) is 6.92 Å². The van der Waals surface area contributed by atoms with E-state index >= 15 is 0 Å². The first-order valence-corrected chi connectivity index (χ1v) is 3.40. The van der Waals surface area contributed by atoms with Gasteiger partial charge in [0.2, 0.25) is 0 Å². The van der Waals surface area contributed by atoms with Crippen LogP contribution >= 0.6 is 7.60 Å². The molecule has 0 aromatic heterocycles. The van der Waals surface area contributed by atoms with Gasteiger partial charge >= 0.3 is 26.5 Å². The number of rotatable bonds is 1. The smallest absolute Gasteiger partial charge is 1.00 e. The van der Waals surface area contributed by atoms with E-state index in [1.807, 2.05) is 0 Å². The Morgan fingerprint density at radius 3 is 1.86 bits per heavy atom. The van der Waals surface area contributed by atoms with Crippen LogP contribution in [0.5, 0.6) is 0 Å². The third kappa shape index (κ3) is 10.8. The van der Waals surface area contributed by atoms with E-state index in [-0.39, 0.29) is 26.4 Å². The van der Waals surface area contributed by atoms with Gasteiger partial charge in [-0.3, -0.25) is 4.57 Å². The molecule has 0 bridgehead atoms. The fourth-order valence-corrected chi connectivity index (χ4v) is 0. The second-order valence-corrected chi connectivity index (χ2v) is 2.94. The zero-order valence-corrected chi connectivity index (χ0v) is 5.35. The largest absolute Gasteiger partial charge is 1.00 e. The maximum atomic E-state index is 9.69. The maximum absolute atomic E-state index is 9.69. The van der Waals surface area contributed by atoms with Crippen LogP contribution in [0.3, 0.4) is 0 Å². The fourth-order valence-electron chi connectivity index (χ4n) is 0. The topological polar surface area (TPSA) is 57.5 Å². The average molecular weight is 118 g/mol. The van der Waals surface area contributed by atoms with Crippen molar-refractivity contribution in [2.75, 3.05) is 6.16 Å². The molecule has 3 nitrogen and oxygen atoms in total. The summed E-state index contributed by atoms with van der Waals surface area (Å²) >= 11 is 0. The van der Waals surface area contributed by atoms with Crippen molar-refractivity contribution in [1.29, 1.82) is 0 Å². The monoisotopic (exact) mass is 118 g/mol. The van der Waals surface area contributed by atoms with Crippen molar-refractivity contribution in [2.45, 2.75) is 6.92 Å². The van der Waals surface area contributed by atoms with E-state index in [4.69, 9.17) is 9.79 Å². The second-order valence-electron chi connectivity index (χ2n) is 0.981. The normalized spacial score (nSPS) is 10.1. The molecule has 0 unspecified atom stereocenters. The Hall–Kier alpha value is 0.747. The van der Waals surface area contributed by atoms with Gasteiger partial charge in [0.25, 0.3) is 0 Å². The van der Waals surface area contributed by atoms with Crippen LogP contribution in [0.25, 0.3) is 0 Å². The van der Waals surface area contributed by atoms with Gasteiger partial charge in [-0.25, -0.2) is 0 Å². The molecule has 0 atom stereocenters. The summed E-state index contributed by atoms with van der Waals surface area (Å²) in [5.41, 5.74) is 0. The summed E-state index contributed by atoms with van der Waals surface area (Å²) in [7, 11) is -3.65. The fraction of sp³-hybridized carbons (Fsp3) is 1.00. The SMILES string of the molecule is CCP(=O)(O)O.[H-].[Li+]. The van der Waals surface area contributed by atoms with Gasteiger partial charge in [0, 0.05) is 6.16 Å². The molecular formula is C2H8LiO3P. The van der Waals surface area contributed by atoms with Crippen LogP contribution in [-0.4, -0.2) is 15.9 Å². The van der Waals surface area contributed by atoms with Crippen molar-refractivity contribution < 1.29 is 34.6 Å². The molecule has 0 rings (SSSR count). The van der Waals surface area contributed by atoms with Crippen LogP contribution in [0.4, 0.5) is 0 Å². The van der Waals surface area contributed by atoms with Crippen LogP contribution in [0.2, 0.25) is 0 Å². The van der Waals surface area contributed by atoms with E-state index in [0.717, 1.165) is 0 Å². The summed E-state index contributed by atoms with van der Waals surface area (Å²) in [5.74, 6) is 0. The minimum Gasteiger partial charge on any atom is -1.00 e. The van der Waals surface area contributed by atoms with Crippen LogP contribution in [0, 0.1) is 0 Å². The molecule has 0 aromatic carbocycles. The molecule has 2 N–H and O–H groups in total. The third-order valence-corrected chi connectivity index (χ3v) is 1.24. The van der Waals surface area contributed by atoms with E-state index in [0.29, 0.717) is 0 Å². The quantitative estimate of drug-likeness (QED) is 0.291. The molecule has 7 heavy (non-hydrogen) atoms. The number of hydrogen-bond acceptors (Lipinski definition) is 1. The molecule has 0 amide bonds. The van der Waals surface area contributed by atoms with Crippen molar-refractivity contribution in [1.82, 2.24) is 0 Å². The van der Waals surface area contributed by atoms with Crippen molar-refractivity contribution in [3.8, 4) is 0 Å². The van der Waals surface area contributed by atoms with Gasteiger partial charge in [-0.05, 0) is 0 Å². The summed E-state index contributed by atoms with van der Waals surface area (Å²) in [4.78, 5) is 15.9. The summed E-state index contributed by atoms with van der Waals surface area (Å²) < 4.78 is 9.69. The van der Waals surface area contributed by atoms with E-state index < -0.39 is 7.60 Å². The summed E-state index contributed by atoms with van der Waals surface area (Å²) in [6.45, 7) is 1.45. The Bertz CT molecular complexity index is 81.4. The molecule has 5 heteroatoms. The summed E-state index contributed by atoms with van der Waals surface area (Å²) in [6, 6.07) is 0. The third-order valence-electron chi connectivity index (χ3n) is 0.412. The Labute approximate surface area is 55.9 Å². The maximum Gasteiger partial charge on any atom is 1.00 e. The first-order valence-electron chi connectivity index (χ1n) is 1.61. The molecule has 0 radical (unpaired) electrons. The molecule has 0 spiro atoms. The first-order chi connectivity index (χ1) is 2.56. The molecule has 0 aliphatic heterocycles. The van der Waals surface area contributed by atoms with Crippen LogP contribution in [-0.2, 0) is 4.57 Å². The van der Waals surface area contributed by atoms with E-state index in [2.05, 4.69) is 0 Å². The van der Waals surface area contributed by atoms with Crippen LogP contribution in [0.1, 0.15) is 8.35 Å². The molecular weight excluding hydrogens is 110 g/mol. The Balaban J connectivity index is -0.000000125. The zero-order valence-electron chi connectivity index (χ0n) is 5.46. The predicted molar refractivity (Wildman–Crippen MR) is 23.7 cm³/mol. The van der Waals surface area contributed by atoms with Crippen LogP contribution < -0.4 is 18.9 Å². The summed E-state index contributed by atoms with van der Waals surface area (Å²) in [6.07, 6.45) is -0.0625. The molecule has 0 aliphatic rings. The summed E-state index contributed by atoms with van der Waals surface area (Å²) in [5, 5.41) is 0. The molecule has 0 aliphatic carbocycles. The van der Waals surface area contributed by atoms with Gasteiger partial charge in [0.15, 0.2) is 0 Å². The second kappa shape index (κ2) is 3.71. The zero-order chi connectivity index (χ0) is 5.21. The minimum atomic E-state index is -3.65. The standard InChI is InChI=1S/C2H7O3P.Li.H/c1-2-6(3,4)5;;/h2H2,1H3,(H2,3,4,5);;/q;+1;-1. The molecule has 40 valence electrons. The van der Waals surface area contributed by atoms with Gasteiger partial charge in [-0.2, -0.15) is 0 Å². The van der Waals surface area contributed by atoms with E-state index in [9.17, 15) is 4.57 Å². The average Bonchev–Trinajstić information content (AvgIpc) is 1.35. The molecule has 0 saturated carbocycles. The van der Waals surface area contributed by atoms with Crippen molar-refractivity contribution in [2.24, 2.45) is 0 Å². The Morgan fingerprint density at radius 1 is 1.71 bits per heavy atom. The molecule has 0 heterocycles. The van der Waals surface area contributed by atoms with Crippen molar-refractivity contribution >= 4 is 7.60 Å². The van der Waals surface area contributed by atoms with Gasteiger partial charge in [0.1, 0.15) is 0 Å². The van der Waals surface area contributed by atoms with Gasteiger partial charge in [-0.1, -0.05) is 6.92 Å². The van der Waals surface area contributed by atoms with Crippen LogP contribution in [0.15, 0.2) is 0 Å². The van der Waals surface area contributed by atoms with Crippen molar-refractivity contribution in [3.05, 3.63) is 0 Å². The van der Waals surface area contributed by atoms with Gasteiger partial charge < -0.3 is 11.2 Å². The van der Waals surface area contributed by atoms with Crippen molar-refractivity contribution in [3.63, 3.8) is 0 Å². The molecule has 0 fully saturated rings. The predicted octanol–water partition coefficient (Wildman–Crippen LogP) is -2.70. The Kier molecular flexibility index (Phi) is 5.66. The van der Waals surface area contributed by atoms with E-state index in [1.54, 1.807) is 0 Å². The molecule has 0 saturated heterocycles.